The average molecular weight is 532 g/mol. The second-order valence-corrected chi connectivity index (χ2v) is 9.75. The number of ether oxygens (including phenoxy) is 2. The van der Waals surface area contributed by atoms with Crippen LogP contribution in [-0.2, 0) is 14.3 Å². The number of nitrogens with zero attached hydrogens (tertiary/aromatic N) is 2. The van der Waals surface area contributed by atoms with E-state index in [1.54, 1.807) is 0 Å². The van der Waals surface area contributed by atoms with Crippen LogP contribution in [0.25, 0.3) is 0 Å². The van der Waals surface area contributed by atoms with Crippen LogP contribution in [0.3, 0.4) is 0 Å². The second kappa shape index (κ2) is 10.7. The molecular weight excluding hydrogens is 503 g/mol. The van der Waals surface area contributed by atoms with Crippen molar-refractivity contribution in [2.45, 2.75) is 43.6 Å². The fraction of sp³-hybridized carbons (Fsp3) is 0.444. The number of hydrogen-bond donors (Lipinski definition) is 1. The smallest absolute Gasteiger partial charge is 0.256 e. The van der Waals surface area contributed by atoms with Gasteiger partial charge in [0.25, 0.3) is 11.8 Å². The minimum absolute atomic E-state index is 0.0508. The van der Waals surface area contributed by atoms with E-state index in [-0.39, 0.29) is 55.7 Å². The summed E-state index contributed by atoms with van der Waals surface area (Å²) in [5.74, 6) is -3.72. The quantitative estimate of drug-likeness (QED) is 0.641. The molecule has 2 aromatic rings. The zero-order valence-corrected chi connectivity index (χ0v) is 20.6. The Hall–Kier alpha value is -3.44. The van der Waals surface area contributed by atoms with E-state index in [4.69, 9.17) is 9.47 Å². The third-order valence-electron chi connectivity index (χ3n) is 7.39. The Morgan fingerprint density at radius 2 is 1.68 bits per heavy atom. The van der Waals surface area contributed by atoms with Crippen LogP contribution in [0.4, 0.5) is 13.2 Å². The van der Waals surface area contributed by atoms with Gasteiger partial charge in [0.2, 0.25) is 5.91 Å². The molecule has 5 rings (SSSR count). The number of rotatable bonds is 5. The molecule has 3 heterocycles. The van der Waals surface area contributed by atoms with Gasteiger partial charge in [0.05, 0.1) is 18.3 Å². The lowest BCUT2D eigenvalue weighted by Crippen LogP contribution is -2.60. The number of benzene rings is 2. The van der Waals surface area contributed by atoms with E-state index in [1.165, 1.54) is 34.1 Å². The summed E-state index contributed by atoms with van der Waals surface area (Å²) in [5.41, 5.74) is -1.24. The van der Waals surface area contributed by atoms with Gasteiger partial charge in [-0.25, -0.2) is 13.2 Å². The van der Waals surface area contributed by atoms with Crippen LogP contribution in [0.2, 0.25) is 0 Å². The number of carbonyl (C=O) groups excluding carboxylic acids is 3. The van der Waals surface area contributed by atoms with Crippen molar-refractivity contribution < 1.29 is 37.0 Å². The van der Waals surface area contributed by atoms with Crippen molar-refractivity contribution in [1.82, 2.24) is 15.1 Å². The highest BCUT2D eigenvalue weighted by molar-refractivity contribution is 5.98. The summed E-state index contributed by atoms with van der Waals surface area (Å²) in [7, 11) is 0. The minimum atomic E-state index is -1.19. The lowest BCUT2D eigenvalue weighted by atomic mass is 9.96. The molecule has 202 valence electrons. The molecule has 0 aromatic heterocycles. The summed E-state index contributed by atoms with van der Waals surface area (Å²) in [6.45, 7) is 1.14. The van der Waals surface area contributed by atoms with Crippen LogP contribution < -0.4 is 5.32 Å². The molecular formula is C27H28F3N3O5. The molecule has 8 nitrogen and oxygen atoms in total. The van der Waals surface area contributed by atoms with Gasteiger partial charge >= 0.3 is 0 Å². The molecule has 3 fully saturated rings. The molecule has 3 aliphatic rings. The first-order valence-electron chi connectivity index (χ1n) is 12.6. The third kappa shape index (κ3) is 5.12. The van der Waals surface area contributed by atoms with E-state index in [9.17, 15) is 27.6 Å². The molecule has 0 aliphatic carbocycles. The van der Waals surface area contributed by atoms with Crippen LogP contribution in [0.15, 0.2) is 42.5 Å². The molecule has 1 N–H and O–H groups in total. The molecule has 0 radical (unpaired) electrons. The fourth-order valence-electron chi connectivity index (χ4n) is 5.33. The van der Waals surface area contributed by atoms with E-state index in [0.717, 1.165) is 25.0 Å². The van der Waals surface area contributed by atoms with E-state index in [0.29, 0.717) is 19.2 Å². The van der Waals surface area contributed by atoms with E-state index in [2.05, 4.69) is 5.32 Å². The predicted molar refractivity (Wildman–Crippen MR) is 129 cm³/mol. The molecule has 0 saturated carbocycles. The van der Waals surface area contributed by atoms with Crippen molar-refractivity contribution in [3.8, 4) is 0 Å². The van der Waals surface area contributed by atoms with E-state index < -0.39 is 41.0 Å². The molecule has 38 heavy (non-hydrogen) atoms. The topological polar surface area (TPSA) is 88.2 Å². The lowest BCUT2D eigenvalue weighted by molar-refractivity contribution is -0.128. The summed E-state index contributed by atoms with van der Waals surface area (Å²) < 4.78 is 52.7. The summed E-state index contributed by atoms with van der Waals surface area (Å²) in [5, 5.41) is 2.86. The molecule has 3 saturated heterocycles. The van der Waals surface area contributed by atoms with Gasteiger partial charge < -0.3 is 19.7 Å². The normalized spacial score (nSPS) is 22.6. The first-order chi connectivity index (χ1) is 18.3. The zero-order valence-electron chi connectivity index (χ0n) is 20.6. The number of hydrogen-bond acceptors (Lipinski definition) is 5. The van der Waals surface area contributed by atoms with Gasteiger partial charge in [0.15, 0.2) is 0 Å². The number of halogens is 3. The van der Waals surface area contributed by atoms with Gasteiger partial charge in [0, 0.05) is 50.7 Å². The molecule has 0 bridgehead atoms. The van der Waals surface area contributed by atoms with Gasteiger partial charge in [-0.2, -0.15) is 0 Å². The third-order valence-corrected chi connectivity index (χ3v) is 7.39. The number of amides is 3. The van der Waals surface area contributed by atoms with Crippen LogP contribution in [0.1, 0.15) is 46.4 Å². The lowest BCUT2D eigenvalue weighted by Gasteiger charge is -2.44. The van der Waals surface area contributed by atoms with Crippen molar-refractivity contribution in [2.24, 2.45) is 0 Å². The van der Waals surface area contributed by atoms with Crippen molar-refractivity contribution >= 4 is 17.7 Å². The Morgan fingerprint density at radius 1 is 0.974 bits per heavy atom. The first-order valence-corrected chi connectivity index (χ1v) is 12.6. The van der Waals surface area contributed by atoms with Gasteiger partial charge in [-0.3, -0.25) is 19.3 Å². The maximum Gasteiger partial charge on any atom is 0.256 e. The molecule has 2 atom stereocenters. The largest absolute Gasteiger partial charge is 0.376 e. The second-order valence-electron chi connectivity index (χ2n) is 9.75. The number of likely N-dealkylation sites (tertiary alicyclic amines) is 1. The molecule has 11 heteroatoms. The van der Waals surface area contributed by atoms with Gasteiger partial charge in [-0.05, 0) is 49.2 Å². The number of piperidine rings is 1. The van der Waals surface area contributed by atoms with Crippen molar-refractivity contribution in [1.29, 1.82) is 0 Å². The van der Waals surface area contributed by atoms with Crippen molar-refractivity contribution in [3.05, 3.63) is 71.0 Å². The first kappa shape index (κ1) is 26.2. The Balaban J connectivity index is 1.35. The van der Waals surface area contributed by atoms with Crippen molar-refractivity contribution in [2.75, 3.05) is 32.8 Å². The minimum Gasteiger partial charge on any atom is -0.376 e. The average Bonchev–Trinajstić information content (AvgIpc) is 3.56. The Kier molecular flexibility index (Phi) is 7.40. The molecule has 0 unspecified atom stereocenters. The van der Waals surface area contributed by atoms with Gasteiger partial charge in [-0.1, -0.05) is 0 Å². The van der Waals surface area contributed by atoms with Crippen LogP contribution >= 0.6 is 0 Å². The standard InChI is InChI=1S/C27H28F3N3O5/c28-18-5-3-17(4-6-18)25(35)33-23(24(34)31-15-20-2-1-13-37-20)16-38-27(33)9-11-32(12-10-27)26(36)21-8-7-19(29)14-22(21)30/h3-8,14,20,23H,1-2,9-13,15-16H2,(H,31,34)/t20-,23-/m0/s1. The highest BCUT2D eigenvalue weighted by atomic mass is 19.1. The Morgan fingerprint density at radius 3 is 2.34 bits per heavy atom. The fourth-order valence-corrected chi connectivity index (χ4v) is 5.33. The summed E-state index contributed by atoms with van der Waals surface area (Å²) in [4.78, 5) is 42.6. The number of nitrogens with one attached hydrogen (secondary N) is 1. The summed E-state index contributed by atoms with van der Waals surface area (Å²) >= 11 is 0. The van der Waals surface area contributed by atoms with Crippen LogP contribution in [0.5, 0.6) is 0 Å². The van der Waals surface area contributed by atoms with Crippen molar-refractivity contribution in [3.63, 3.8) is 0 Å². The highest BCUT2D eigenvalue weighted by Crippen LogP contribution is 2.39. The van der Waals surface area contributed by atoms with E-state index in [1.807, 2.05) is 0 Å². The summed E-state index contributed by atoms with van der Waals surface area (Å²) in [6, 6.07) is 6.87. The highest BCUT2D eigenvalue weighted by Gasteiger charge is 2.54. The van der Waals surface area contributed by atoms with E-state index >= 15 is 0 Å². The molecule has 3 aliphatic heterocycles. The maximum absolute atomic E-state index is 14.2. The Bertz CT molecular complexity index is 1210. The molecule has 1 spiro atoms. The zero-order chi connectivity index (χ0) is 26.9. The molecule has 2 aromatic carbocycles. The van der Waals surface area contributed by atoms with Crippen LogP contribution in [0, 0.1) is 17.5 Å². The predicted octanol–water partition coefficient (Wildman–Crippen LogP) is 2.87. The monoisotopic (exact) mass is 531 g/mol. The summed E-state index contributed by atoms with van der Waals surface area (Å²) in [6.07, 6.45) is 2.01. The van der Waals surface area contributed by atoms with Crippen LogP contribution in [-0.4, -0.2) is 78.2 Å². The van der Waals surface area contributed by atoms with Gasteiger partial charge in [0.1, 0.15) is 29.2 Å². The van der Waals surface area contributed by atoms with Gasteiger partial charge in [-0.15, -0.1) is 0 Å². The Labute approximate surface area is 217 Å². The SMILES string of the molecule is O=C(NC[C@@H]1CCCO1)[C@@H]1COC2(CCN(C(=O)c3ccc(F)cc3F)CC2)N1C(=O)c1ccc(F)cc1. The molecule has 3 amide bonds. The number of carbonyl (C=O) groups is 3. The maximum atomic E-state index is 14.2.